The van der Waals surface area contributed by atoms with Crippen molar-refractivity contribution < 1.29 is 9.53 Å². The summed E-state index contributed by atoms with van der Waals surface area (Å²) in [5.41, 5.74) is 1.16. The lowest BCUT2D eigenvalue weighted by molar-refractivity contribution is -0.121. The molecule has 0 aliphatic heterocycles. The van der Waals surface area contributed by atoms with Gasteiger partial charge in [-0.15, -0.1) is 0 Å². The van der Waals surface area contributed by atoms with E-state index >= 15 is 0 Å². The Bertz CT molecular complexity index is 403. The average Bonchev–Trinajstić information content (AvgIpc) is 3.19. The van der Waals surface area contributed by atoms with Crippen molar-refractivity contribution in [3.63, 3.8) is 0 Å². The molecule has 2 N–H and O–H groups in total. The van der Waals surface area contributed by atoms with E-state index in [1.165, 1.54) is 0 Å². The standard InChI is InChI=1S/C14H20N2O2/c1-18-13-4-2-3-11(9-13)10-15-8-7-14(17)16-12-5-6-12/h2-4,9,12,15H,5-8,10H2,1H3,(H,16,17). The highest BCUT2D eigenvalue weighted by molar-refractivity contribution is 5.76. The zero-order chi connectivity index (χ0) is 12.8. The molecule has 0 heterocycles. The Kier molecular flexibility index (Phi) is 4.59. The van der Waals surface area contributed by atoms with Gasteiger partial charge in [-0.2, -0.15) is 0 Å². The second-order valence-electron chi connectivity index (χ2n) is 4.62. The van der Waals surface area contributed by atoms with E-state index in [1.54, 1.807) is 7.11 Å². The molecule has 0 atom stereocenters. The predicted octanol–water partition coefficient (Wildman–Crippen LogP) is 1.45. The number of rotatable bonds is 7. The maximum absolute atomic E-state index is 11.4. The van der Waals surface area contributed by atoms with Crippen LogP contribution in [0.15, 0.2) is 24.3 Å². The molecule has 1 amide bonds. The molecule has 1 aromatic carbocycles. The highest BCUT2D eigenvalue weighted by atomic mass is 16.5. The fraction of sp³-hybridized carbons (Fsp3) is 0.500. The molecule has 1 aliphatic carbocycles. The molecule has 98 valence electrons. The quantitative estimate of drug-likeness (QED) is 0.718. The lowest BCUT2D eigenvalue weighted by Gasteiger charge is -2.07. The molecule has 0 radical (unpaired) electrons. The molecule has 0 aromatic heterocycles. The van der Waals surface area contributed by atoms with Crippen molar-refractivity contribution in [1.82, 2.24) is 10.6 Å². The van der Waals surface area contributed by atoms with E-state index in [0.717, 1.165) is 30.7 Å². The van der Waals surface area contributed by atoms with E-state index < -0.39 is 0 Å². The molecule has 1 aliphatic rings. The second-order valence-corrected chi connectivity index (χ2v) is 4.62. The second kappa shape index (κ2) is 6.40. The first-order valence-electron chi connectivity index (χ1n) is 6.41. The van der Waals surface area contributed by atoms with Crippen molar-refractivity contribution in [3.8, 4) is 5.75 Å². The molecular weight excluding hydrogens is 228 g/mol. The number of hydrogen-bond acceptors (Lipinski definition) is 3. The van der Waals surface area contributed by atoms with Crippen LogP contribution in [0.25, 0.3) is 0 Å². The maximum atomic E-state index is 11.4. The summed E-state index contributed by atoms with van der Waals surface area (Å²) >= 11 is 0. The zero-order valence-corrected chi connectivity index (χ0v) is 10.7. The summed E-state index contributed by atoms with van der Waals surface area (Å²) in [6.45, 7) is 1.46. The molecule has 0 unspecified atom stereocenters. The van der Waals surface area contributed by atoms with Crippen LogP contribution in [0.5, 0.6) is 5.75 Å². The van der Waals surface area contributed by atoms with Crippen LogP contribution in [0.2, 0.25) is 0 Å². The van der Waals surface area contributed by atoms with Gasteiger partial charge in [-0.3, -0.25) is 4.79 Å². The van der Waals surface area contributed by atoms with Crippen LogP contribution in [-0.4, -0.2) is 25.6 Å². The van der Waals surface area contributed by atoms with E-state index in [1.807, 2.05) is 24.3 Å². The molecule has 4 nitrogen and oxygen atoms in total. The van der Waals surface area contributed by atoms with Gasteiger partial charge in [-0.05, 0) is 30.5 Å². The first-order valence-corrected chi connectivity index (χ1v) is 6.41. The van der Waals surface area contributed by atoms with Gasteiger partial charge in [0, 0.05) is 25.6 Å². The molecule has 0 spiro atoms. The summed E-state index contributed by atoms with van der Waals surface area (Å²) in [6, 6.07) is 8.38. The maximum Gasteiger partial charge on any atom is 0.221 e. The van der Waals surface area contributed by atoms with Gasteiger partial charge < -0.3 is 15.4 Å². The van der Waals surface area contributed by atoms with Gasteiger partial charge in [0.25, 0.3) is 0 Å². The predicted molar refractivity (Wildman–Crippen MR) is 70.5 cm³/mol. The first kappa shape index (κ1) is 12.9. The fourth-order valence-electron chi connectivity index (χ4n) is 1.74. The molecule has 4 heteroatoms. The molecule has 1 fully saturated rings. The van der Waals surface area contributed by atoms with Crippen LogP contribution < -0.4 is 15.4 Å². The lowest BCUT2D eigenvalue weighted by Crippen LogP contribution is -2.28. The number of nitrogens with one attached hydrogen (secondary N) is 2. The summed E-state index contributed by atoms with van der Waals surface area (Å²) in [6.07, 6.45) is 2.83. The molecule has 0 bridgehead atoms. The fourth-order valence-corrected chi connectivity index (χ4v) is 1.74. The summed E-state index contributed by atoms with van der Waals surface area (Å²) in [7, 11) is 1.66. The largest absolute Gasteiger partial charge is 0.497 e. The van der Waals surface area contributed by atoms with Gasteiger partial charge in [-0.25, -0.2) is 0 Å². The van der Waals surface area contributed by atoms with Crippen molar-refractivity contribution in [1.29, 1.82) is 0 Å². The molecule has 1 saturated carbocycles. The van der Waals surface area contributed by atoms with Gasteiger partial charge in [0.2, 0.25) is 5.91 Å². The van der Waals surface area contributed by atoms with Crippen LogP contribution in [0.1, 0.15) is 24.8 Å². The van der Waals surface area contributed by atoms with Crippen LogP contribution in [0, 0.1) is 0 Å². The third-order valence-electron chi connectivity index (χ3n) is 2.93. The van der Waals surface area contributed by atoms with Gasteiger partial charge in [0.05, 0.1) is 7.11 Å². The minimum atomic E-state index is 0.149. The number of ether oxygens (including phenoxy) is 1. The Morgan fingerprint density at radius 2 is 2.28 bits per heavy atom. The Hall–Kier alpha value is -1.55. The van der Waals surface area contributed by atoms with Crippen LogP contribution >= 0.6 is 0 Å². The van der Waals surface area contributed by atoms with Gasteiger partial charge >= 0.3 is 0 Å². The number of hydrogen-bond donors (Lipinski definition) is 2. The Morgan fingerprint density at radius 3 is 3.00 bits per heavy atom. The summed E-state index contributed by atoms with van der Waals surface area (Å²) < 4.78 is 5.16. The molecule has 18 heavy (non-hydrogen) atoms. The van der Waals surface area contributed by atoms with Crippen LogP contribution in [-0.2, 0) is 11.3 Å². The van der Waals surface area contributed by atoms with Crippen LogP contribution in [0.4, 0.5) is 0 Å². The number of benzene rings is 1. The van der Waals surface area contributed by atoms with Gasteiger partial charge in [0.15, 0.2) is 0 Å². The van der Waals surface area contributed by atoms with E-state index in [-0.39, 0.29) is 5.91 Å². The number of carbonyl (C=O) groups excluding carboxylic acids is 1. The molecule has 2 rings (SSSR count). The average molecular weight is 248 g/mol. The Morgan fingerprint density at radius 1 is 1.44 bits per heavy atom. The summed E-state index contributed by atoms with van der Waals surface area (Å²) in [5, 5.41) is 6.23. The van der Waals surface area contributed by atoms with E-state index in [0.29, 0.717) is 19.0 Å². The number of methoxy groups -OCH3 is 1. The van der Waals surface area contributed by atoms with Crippen molar-refractivity contribution in [2.24, 2.45) is 0 Å². The topological polar surface area (TPSA) is 50.4 Å². The Balaban J connectivity index is 1.63. The van der Waals surface area contributed by atoms with E-state index in [2.05, 4.69) is 10.6 Å². The molecule has 1 aromatic rings. The normalized spacial score (nSPS) is 14.3. The van der Waals surface area contributed by atoms with Gasteiger partial charge in [-0.1, -0.05) is 12.1 Å². The SMILES string of the molecule is COc1cccc(CNCCC(=O)NC2CC2)c1. The highest BCUT2D eigenvalue weighted by Gasteiger charge is 2.22. The van der Waals surface area contributed by atoms with E-state index in [4.69, 9.17) is 4.74 Å². The lowest BCUT2D eigenvalue weighted by atomic mass is 10.2. The smallest absolute Gasteiger partial charge is 0.221 e. The third kappa shape index (κ3) is 4.37. The molecular formula is C14H20N2O2. The minimum Gasteiger partial charge on any atom is -0.497 e. The minimum absolute atomic E-state index is 0.149. The van der Waals surface area contributed by atoms with Crippen LogP contribution in [0.3, 0.4) is 0 Å². The Labute approximate surface area is 108 Å². The number of carbonyl (C=O) groups is 1. The first-order chi connectivity index (χ1) is 8.78. The summed E-state index contributed by atoms with van der Waals surface area (Å²) in [4.78, 5) is 11.4. The zero-order valence-electron chi connectivity index (χ0n) is 10.7. The van der Waals surface area contributed by atoms with Crippen molar-refractivity contribution >= 4 is 5.91 Å². The third-order valence-corrected chi connectivity index (χ3v) is 2.93. The monoisotopic (exact) mass is 248 g/mol. The van der Waals surface area contributed by atoms with Gasteiger partial charge in [0.1, 0.15) is 5.75 Å². The molecule has 0 saturated heterocycles. The highest BCUT2D eigenvalue weighted by Crippen LogP contribution is 2.18. The van der Waals surface area contributed by atoms with E-state index in [9.17, 15) is 4.79 Å². The van der Waals surface area contributed by atoms with Crippen molar-refractivity contribution in [2.45, 2.75) is 31.8 Å². The number of amides is 1. The summed E-state index contributed by atoms with van der Waals surface area (Å²) in [5.74, 6) is 1.01. The van der Waals surface area contributed by atoms with Crippen molar-refractivity contribution in [2.75, 3.05) is 13.7 Å². The van der Waals surface area contributed by atoms with Crippen molar-refractivity contribution in [3.05, 3.63) is 29.8 Å².